The smallest absolute Gasteiger partial charge is 0.193 e. The van der Waals surface area contributed by atoms with E-state index in [0.717, 1.165) is 0 Å². The molecule has 0 bridgehead atoms. The van der Waals surface area contributed by atoms with Crippen LogP contribution in [0.15, 0.2) is 35.3 Å². The molecule has 0 unspecified atom stereocenters. The monoisotopic (exact) mass is 515 g/mol. The molecule has 1 aromatic carbocycles. The minimum Gasteiger partial charge on any atom is -0.394 e. The summed E-state index contributed by atoms with van der Waals surface area (Å²) in [5.41, 5.74) is 0.699. The van der Waals surface area contributed by atoms with Crippen LogP contribution in [0, 0.1) is 0 Å². The Morgan fingerprint density at radius 2 is 1.70 bits per heavy atom. The van der Waals surface area contributed by atoms with E-state index < -0.39 is 6.61 Å². The van der Waals surface area contributed by atoms with E-state index in [0.29, 0.717) is 65.5 Å². The van der Waals surface area contributed by atoms with Crippen LogP contribution in [0.1, 0.15) is 12.1 Å². The third-order valence-electron chi connectivity index (χ3n) is 4.75. The minimum atomic E-state index is -0.423. The first-order valence-corrected chi connectivity index (χ1v) is 11.4. The predicted molar refractivity (Wildman–Crippen MR) is 130 cm³/mol. The molecule has 3 aromatic rings. The Bertz CT molecular complexity index is 1140. The van der Waals surface area contributed by atoms with Crippen LogP contribution in [0.2, 0.25) is 15.1 Å². The third-order valence-corrected chi connectivity index (χ3v) is 5.64. The maximum absolute atomic E-state index is 13.0. The van der Waals surface area contributed by atoms with Crippen molar-refractivity contribution < 1.29 is 19.7 Å². The molecule has 0 spiro atoms. The number of ether oxygens (including phenoxy) is 2. The summed E-state index contributed by atoms with van der Waals surface area (Å²) < 4.78 is 12.2. The van der Waals surface area contributed by atoms with Crippen molar-refractivity contribution in [3.63, 3.8) is 0 Å². The first-order valence-electron chi connectivity index (χ1n) is 10.3. The quantitative estimate of drug-likeness (QED) is 0.315. The van der Waals surface area contributed by atoms with E-state index in [4.69, 9.17) is 49.4 Å². The van der Waals surface area contributed by atoms with Crippen molar-refractivity contribution in [2.75, 3.05) is 44.9 Å². The SMILES string of the molecule is O=c1cc(CO)n(-c2c(Cl)cccc2Cl)c2c(Cl)cnc(NCCCOCCOCCO)c12. The summed E-state index contributed by atoms with van der Waals surface area (Å²) in [4.78, 5) is 17.3. The number of hydrogen-bond acceptors (Lipinski definition) is 7. The lowest BCUT2D eigenvalue weighted by molar-refractivity contribution is 0.0331. The fourth-order valence-electron chi connectivity index (χ4n) is 3.34. The molecule has 33 heavy (non-hydrogen) atoms. The first kappa shape index (κ1) is 25.7. The molecule has 11 heteroatoms. The fourth-order valence-corrected chi connectivity index (χ4v) is 4.13. The number of benzene rings is 1. The molecule has 3 N–H and O–H groups in total. The van der Waals surface area contributed by atoms with Crippen LogP contribution in [0.4, 0.5) is 5.82 Å². The number of fused-ring (bicyclic) bond motifs is 1. The Morgan fingerprint density at radius 3 is 2.36 bits per heavy atom. The van der Waals surface area contributed by atoms with Gasteiger partial charge in [0.25, 0.3) is 0 Å². The van der Waals surface area contributed by atoms with E-state index in [2.05, 4.69) is 10.3 Å². The minimum absolute atomic E-state index is 0.0177. The van der Waals surface area contributed by atoms with Gasteiger partial charge in [0.15, 0.2) is 5.43 Å². The molecule has 0 saturated carbocycles. The van der Waals surface area contributed by atoms with Crippen molar-refractivity contribution in [1.29, 1.82) is 0 Å². The average Bonchev–Trinajstić information content (AvgIpc) is 2.80. The van der Waals surface area contributed by atoms with Crippen LogP contribution in [-0.4, -0.2) is 59.3 Å². The second-order valence-electron chi connectivity index (χ2n) is 6.97. The third kappa shape index (κ3) is 6.16. The predicted octanol–water partition coefficient (Wildman–Crippen LogP) is 3.67. The van der Waals surface area contributed by atoms with Crippen LogP contribution in [0.25, 0.3) is 16.6 Å². The van der Waals surface area contributed by atoms with Gasteiger partial charge < -0.3 is 29.6 Å². The molecular formula is C22H24Cl3N3O5. The summed E-state index contributed by atoms with van der Waals surface area (Å²) >= 11 is 19.3. The summed E-state index contributed by atoms with van der Waals surface area (Å²) in [5, 5.41) is 22.9. The van der Waals surface area contributed by atoms with Gasteiger partial charge in [0.1, 0.15) is 5.82 Å². The molecule has 2 aromatic heterocycles. The van der Waals surface area contributed by atoms with E-state index in [1.54, 1.807) is 22.8 Å². The van der Waals surface area contributed by atoms with Gasteiger partial charge in [-0.25, -0.2) is 4.98 Å². The highest BCUT2D eigenvalue weighted by Crippen LogP contribution is 2.35. The van der Waals surface area contributed by atoms with Crippen molar-refractivity contribution in [2.24, 2.45) is 0 Å². The Kier molecular flexibility index (Phi) is 9.76. The van der Waals surface area contributed by atoms with E-state index >= 15 is 0 Å². The molecule has 0 amide bonds. The van der Waals surface area contributed by atoms with E-state index in [1.165, 1.54) is 12.3 Å². The standard InChI is InChI=1S/C22H24Cl3N3O5/c23-15-3-1-4-16(24)20(15)28-14(13-30)11-18(31)19-21(28)17(25)12-27-22(19)26-5-2-7-32-9-10-33-8-6-29/h1,3-4,11-12,29-30H,2,5-10,13H2,(H,26,27). The second kappa shape index (κ2) is 12.5. The number of hydrogen-bond donors (Lipinski definition) is 3. The highest BCUT2D eigenvalue weighted by atomic mass is 35.5. The molecule has 178 valence electrons. The van der Waals surface area contributed by atoms with Gasteiger partial charge in [0.2, 0.25) is 0 Å². The van der Waals surface area contributed by atoms with Crippen LogP contribution in [0.5, 0.6) is 0 Å². The van der Waals surface area contributed by atoms with Crippen molar-refractivity contribution in [1.82, 2.24) is 9.55 Å². The second-order valence-corrected chi connectivity index (χ2v) is 8.19. The normalized spacial score (nSPS) is 11.3. The zero-order valence-corrected chi connectivity index (χ0v) is 20.0. The molecule has 3 rings (SSSR count). The maximum Gasteiger partial charge on any atom is 0.193 e. The molecule has 2 heterocycles. The number of halogens is 3. The number of nitrogens with zero attached hydrogens (tertiary/aromatic N) is 2. The van der Waals surface area contributed by atoms with Gasteiger partial charge in [0, 0.05) is 19.2 Å². The van der Waals surface area contributed by atoms with Crippen LogP contribution in [-0.2, 0) is 16.1 Å². The van der Waals surface area contributed by atoms with Gasteiger partial charge in [0.05, 0.1) is 76.6 Å². The highest BCUT2D eigenvalue weighted by Gasteiger charge is 2.20. The fraction of sp³-hybridized carbons (Fsp3) is 0.364. The zero-order chi connectivity index (χ0) is 23.8. The summed E-state index contributed by atoms with van der Waals surface area (Å²) in [5.74, 6) is 0.354. The lowest BCUT2D eigenvalue weighted by Crippen LogP contribution is -2.17. The lowest BCUT2D eigenvalue weighted by atomic mass is 10.1. The molecule has 8 nitrogen and oxygen atoms in total. The maximum atomic E-state index is 13.0. The van der Waals surface area contributed by atoms with Gasteiger partial charge in [-0.05, 0) is 18.6 Å². The molecule has 0 saturated heterocycles. The number of pyridine rings is 2. The molecule has 0 atom stereocenters. The van der Waals surface area contributed by atoms with E-state index in [1.807, 2.05) is 0 Å². The summed E-state index contributed by atoms with van der Waals surface area (Å²) in [6.07, 6.45) is 2.09. The van der Waals surface area contributed by atoms with Gasteiger partial charge in [-0.15, -0.1) is 0 Å². The molecular weight excluding hydrogens is 493 g/mol. The number of nitrogens with one attached hydrogen (secondary N) is 1. The molecule has 0 aliphatic rings. The Morgan fingerprint density at radius 1 is 1.00 bits per heavy atom. The largest absolute Gasteiger partial charge is 0.394 e. The van der Waals surface area contributed by atoms with E-state index in [9.17, 15) is 9.90 Å². The molecule has 0 radical (unpaired) electrons. The summed E-state index contributed by atoms with van der Waals surface area (Å²) in [6.45, 7) is 1.66. The molecule has 0 fully saturated rings. The van der Waals surface area contributed by atoms with Gasteiger partial charge in [-0.1, -0.05) is 40.9 Å². The number of aromatic nitrogens is 2. The highest BCUT2D eigenvalue weighted by molar-refractivity contribution is 6.38. The lowest BCUT2D eigenvalue weighted by Gasteiger charge is -2.20. The topological polar surface area (TPSA) is 106 Å². The van der Waals surface area contributed by atoms with Crippen LogP contribution < -0.4 is 10.7 Å². The number of para-hydroxylation sites is 1. The van der Waals surface area contributed by atoms with Gasteiger partial charge >= 0.3 is 0 Å². The summed E-state index contributed by atoms with van der Waals surface area (Å²) in [6, 6.07) is 6.35. The Balaban J connectivity index is 1.89. The van der Waals surface area contributed by atoms with Crippen LogP contribution >= 0.6 is 34.8 Å². The van der Waals surface area contributed by atoms with Gasteiger partial charge in [-0.2, -0.15) is 0 Å². The van der Waals surface area contributed by atoms with Crippen molar-refractivity contribution in [3.8, 4) is 5.69 Å². The Hall–Kier alpha value is -1.91. The molecule has 0 aliphatic heterocycles. The average molecular weight is 517 g/mol. The summed E-state index contributed by atoms with van der Waals surface area (Å²) in [7, 11) is 0. The first-order chi connectivity index (χ1) is 16.0. The van der Waals surface area contributed by atoms with Crippen molar-refractivity contribution in [2.45, 2.75) is 13.0 Å². The van der Waals surface area contributed by atoms with E-state index in [-0.39, 0.29) is 29.1 Å². The molecule has 0 aliphatic carbocycles. The number of aliphatic hydroxyl groups excluding tert-OH is 2. The number of anilines is 1. The Labute approximate surface area is 205 Å². The van der Waals surface area contributed by atoms with Crippen LogP contribution in [0.3, 0.4) is 0 Å². The zero-order valence-electron chi connectivity index (χ0n) is 17.7. The number of aliphatic hydroxyl groups is 2. The van der Waals surface area contributed by atoms with Gasteiger partial charge in [-0.3, -0.25) is 4.79 Å². The van der Waals surface area contributed by atoms with Crippen molar-refractivity contribution >= 4 is 51.5 Å². The van der Waals surface area contributed by atoms with Crippen molar-refractivity contribution in [3.05, 3.63) is 61.4 Å². The number of rotatable bonds is 12.